The van der Waals surface area contributed by atoms with Crippen LogP contribution in [0.25, 0.3) is 0 Å². The highest BCUT2D eigenvalue weighted by Gasteiger charge is 2.38. The number of hydrogen-bond acceptors (Lipinski definition) is 5. The third-order valence-electron chi connectivity index (χ3n) is 4.50. The van der Waals surface area contributed by atoms with Crippen LogP contribution in [0.1, 0.15) is 19.3 Å². The van der Waals surface area contributed by atoms with E-state index in [1.165, 1.54) is 28.6 Å². The molecule has 0 N–H and O–H groups in total. The van der Waals surface area contributed by atoms with Gasteiger partial charge in [0, 0.05) is 6.54 Å². The van der Waals surface area contributed by atoms with Gasteiger partial charge in [0.05, 0.1) is 4.90 Å². The summed E-state index contributed by atoms with van der Waals surface area (Å²) in [6, 6.07) is 13.1. The number of halogens is 1. The molecule has 1 saturated heterocycles. The monoisotopic (exact) mass is 407 g/mol. The predicted octanol–water partition coefficient (Wildman–Crippen LogP) is 2.99. The minimum atomic E-state index is -3.78. The fourth-order valence-corrected chi connectivity index (χ4v) is 4.78. The molecule has 1 fully saturated rings. The fraction of sp³-hybridized carbons (Fsp3) is 0.350. The molecule has 6 nitrogen and oxygen atoms in total. The summed E-state index contributed by atoms with van der Waals surface area (Å²) >= 11 is 0. The van der Waals surface area contributed by atoms with Crippen LogP contribution in [0.2, 0.25) is 0 Å². The van der Waals surface area contributed by atoms with Gasteiger partial charge in [-0.05, 0) is 43.5 Å². The minimum Gasteiger partial charge on any atom is -0.487 e. The number of rotatable bonds is 7. The number of esters is 1. The molecule has 2 aromatic carbocycles. The molecular formula is C20H22FNO5S. The molecule has 0 spiro atoms. The number of para-hydroxylation sites is 1. The van der Waals surface area contributed by atoms with Crippen molar-refractivity contribution in [2.75, 3.05) is 19.8 Å². The summed E-state index contributed by atoms with van der Waals surface area (Å²) in [6.45, 7) is 0.149. The first-order chi connectivity index (χ1) is 13.5. The van der Waals surface area contributed by atoms with Crippen molar-refractivity contribution >= 4 is 16.0 Å². The number of sulfonamides is 1. The lowest BCUT2D eigenvalue weighted by Crippen LogP contribution is -2.48. The van der Waals surface area contributed by atoms with Gasteiger partial charge in [0.2, 0.25) is 10.0 Å². The molecule has 0 aromatic heterocycles. The van der Waals surface area contributed by atoms with E-state index in [0.29, 0.717) is 12.8 Å². The molecule has 1 aliphatic rings. The maximum atomic E-state index is 13.5. The SMILES string of the molecule is O=C(OCCOc1ccccc1F)C1CCCCN1S(=O)(=O)c1ccccc1. The zero-order valence-electron chi connectivity index (χ0n) is 15.3. The second-order valence-corrected chi connectivity index (χ2v) is 8.28. The Morgan fingerprint density at radius 2 is 1.75 bits per heavy atom. The molecule has 1 unspecified atom stereocenters. The van der Waals surface area contributed by atoms with Crippen molar-refractivity contribution in [3.05, 3.63) is 60.4 Å². The average molecular weight is 407 g/mol. The number of carbonyl (C=O) groups excluding carboxylic acids is 1. The molecular weight excluding hydrogens is 385 g/mol. The first-order valence-electron chi connectivity index (χ1n) is 9.11. The Labute approximate surface area is 163 Å². The van der Waals surface area contributed by atoms with Crippen molar-refractivity contribution in [3.63, 3.8) is 0 Å². The van der Waals surface area contributed by atoms with Crippen LogP contribution >= 0.6 is 0 Å². The molecule has 1 aliphatic heterocycles. The van der Waals surface area contributed by atoms with Gasteiger partial charge in [-0.1, -0.05) is 30.3 Å². The van der Waals surface area contributed by atoms with E-state index in [4.69, 9.17) is 9.47 Å². The van der Waals surface area contributed by atoms with E-state index < -0.39 is 27.9 Å². The molecule has 8 heteroatoms. The Morgan fingerprint density at radius 1 is 1.04 bits per heavy atom. The van der Waals surface area contributed by atoms with E-state index >= 15 is 0 Å². The molecule has 1 atom stereocenters. The summed E-state index contributed by atoms with van der Waals surface area (Å²) in [7, 11) is -3.78. The first kappa shape index (κ1) is 20.3. The molecule has 0 bridgehead atoms. The van der Waals surface area contributed by atoms with Gasteiger partial charge in [-0.2, -0.15) is 4.31 Å². The van der Waals surface area contributed by atoms with E-state index in [1.807, 2.05) is 0 Å². The molecule has 0 amide bonds. The second-order valence-electron chi connectivity index (χ2n) is 6.39. The smallest absolute Gasteiger partial charge is 0.324 e. The molecule has 1 heterocycles. The van der Waals surface area contributed by atoms with Gasteiger partial charge in [-0.25, -0.2) is 12.8 Å². The Kier molecular flexibility index (Phi) is 6.64. The van der Waals surface area contributed by atoms with Crippen LogP contribution in [-0.2, 0) is 19.6 Å². The van der Waals surface area contributed by atoms with Gasteiger partial charge in [-0.3, -0.25) is 4.79 Å². The topological polar surface area (TPSA) is 72.9 Å². The first-order valence-corrected chi connectivity index (χ1v) is 10.5. The summed E-state index contributed by atoms with van der Waals surface area (Å²) in [5.41, 5.74) is 0. The van der Waals surface area contributed by atoms with Gasteiger partial charge in [0.25, 0.3) is 0 Å². The van der Waals surface area contributed by atoms with Gasteiger partial charge in [0.1, 0.15) is 19.3 Å². The number of nitrogens with zero attached hydrogens (tertiary/aromatic N) is 1. The molecule has 0 aliphatic carbocycles. The number of hydrogen-bond donors (Lipinski definition) is 0. The normalized spacial score (nSPS) is 17.8. The van der Waals surface area contributed by atoms with E-state index in [9.17, 15) is 17.6 Å². The van der Waals surface area contributed by atoms with E-state index in [2.05, 4.69) is 0 Å². The molecule has 0 saturated carbocycles. The summed E-state index contributed by atoms with van der Waals surface area (Å²) in [6.07, 6.45) is 1.83. The molecule has 150 valence electrons. The molecule has 2 aromatic rings. The standard InChI is InChI=1S/C20H22FNO5S/c21-17-10-4-5-12-19(17)26-14-15-27-20(23)18-11-6-7-13-22(18)28(24,25)16-8-2-1-3-9-16/h1-5,8-10,12,18H,6-7,11,13-15H2. The van der Waals surface area contributed by atoms with Crippen molar-refractivity contribution in [1.82, 2.24) is 4.31 Å². The summed E-state index contributed by atoms with van der Waals surface area (Å²) < 4.78 is 51.0. The van der Waals surface area contributed by atoms with E-state index in [-0.39, 0.29) is 30.4 Å². The highest BCUT2D eigenvalue weighted by atomic mass is 32.2. The molecule has 0 radical (unpaired) electrons. The Morgan fingerprint density at radius 3 is 2.50 bits per heavy atom. The quantitative estimate of drug-likeness (QED) is 0.521. The third kappa shape index (κ3) is 4.69. The fourth-order valence-electron chi connectivity index (χ4n) is 3.11. The maximum absolute atomic E-state index is 13.5. The zero-order valence-corrected chi connectivity index (χ0v) is 16.1. The van der Waals surface area contributed by atoms with Crippen LogP contribution in [0.15, 0.2) is 59.5 Å². The average Bonchev–Trinajstić information content (AvgIpc) is 2.73. The number of ether oxygens (including phenoxy) is 2. The van der Waals surface area contributed by atoms with Crippen LogP contribution in [0.3, 0.4) is 0 Å². The number of piperidine rings is 1. The maximum Gasteiger partial charge on any atom is 0.324 e. The minimum absolute atomic E-state index is 0.0230. The van der Waals surface area contributed by atoms with Crippen LogP contribution in [0.5, 0.6) is 5.75 Å². The molecule has 28 heavy (non-hydrogen) atoms. The lowest BCUT2D eigenvalue weighted by molar-refractivity contribution is -0.149. The Hall–Kier alpha value is -2.45. The van der Waals surface area contributed by atoms with Crippen molar-refractivity contribution < 1.29 is 27.1 Å². The summed E-state index contributed by atoms with van der Waals surface area (Å²) in [4.78, 5) is 12.7. The van der Waals surface area contributed by atoms with E-state index in [0.717, 1.165) is 6.42 Å². The second kappa shape index (κ2) is 9.16. The van der Waals surface area contributed by atoms with Crippen molar-refractivity contribution in [3.8, 4) is 5.75 Å². The van der Waals surface area contributed by atoms with Crippen LogP contribution in [-0.4, -0.2) is 44.5 Å². The highest BCUT2D eigenvalue weighted by molar-refractivity contribution is 7.89. The largest absolute Gasteiger partial charge is 0.487 e. The van der Waals surface area contributed by atoms with Gasteiger partial charge in [0.15, 0.2) is 11.6 Å². The van der Waals surface area contributed by atoms with Crippen molar-refractivity contribution in [1.29, 1.82) is 0 Å². The van der Waals surface area contributed by atoms with Crippen molar-refractivity contribution in [2.45, 2.75) is 30.2 Å². The number of carbonyl (C=O) groups is 1. The number of benzene rings is 2. The zero-order chi connectivity index (χ0) is 20.0. The molecule has 3 rings (SSSR count). The summed E-state index contributed by atoms with van der Waals surface area (Å²) in [5, 5.41) is 0. The van der Waals surface area contributed by atoms with E-state index in [1.54, 1.807) is 30.3 Å². The van der Waals surface area contributed by atoms with Crippen LogP contribution < -0.4 is 4.74 Å². The summed E-state index contributed by atoms with van der Waals surface area (Å²) in [5.74, 6) is -1.04. The highest BCUT2D eigenvalue weighted by Crippen LogP contribution is 2.26. The predicted molar refractivity (Wildman–Crippen MR) is 101 cm³/mol. The van der Waals surface area contributed by atoms with Crippen molar-refractivity contribution in [2.24, 2.45) is 0 Å². The van der Waals surface area contributed by atoms with Gasteiger partial charge < -0.3 is 9.47 Å². The lowest BCUT2D eigenvalue weighted by atomic mass is 10.1. The van der Waals surface area contributed by atoms with Crippen LogP contribution in [0, 0.1) is 5.82 Å². The van der Waals surface area contributed by atoms with Crippen LogP contribution in [0.4, 0.5) is 4.39 Å². The van der Waals surface area contributed by atoms with Gasteiger partial charge >= 0.3 is 5.97 Å². The Bertz CT molecular complexity index is 904. The lowest BCUT2D eigenvalue weighted by Gasteiger charge is -2.33. The Balaban J connectivity index is 1.60. The van der Waals surface area contributed by atoms with Gasteiger partial charge in [-0.15, -0.1) is 0 Å². The third-order valence-corrected chi connectivity index (χ3v) is 6.42.